The zero-order valence-electron chi connectivity index (χ0n) is 6.73. The zero-order valence-corrected chi connectivity index (χ0v) is 7.49. The average Bonchev–Trinajstić information content (AvgIpc) is 2.11. The Morgan fingerprint density at radius 3 is 2.57 bits per heavy atom. The SMILES string of the molecule is O=C(Nc1ccc(Cl)c(F)c1)C(F)F. The van der Waals surface area contributed by atoms with Gasteiger partial charge in [-0.3, -0.25) is 4.79 Å². The lowest BCUT2D eigenvalue weighted by Crippen LogP contribution is -2.20. The Morgan fingerprint density at radius 2 is 2.07 bits per heavy atom. The van der Waals surface area contributed by atoms with Crippen LogP contribution in [0.1, 0.15) is 0 Å². The summed E-state index contributed by atoms with van der Waals surface area (Å²) in [4.78, 5) is 10.5. The summed E-state index contributed by atoms with van der Waals surface area (Å²) in [6, 6.07) is 3.26. The maximum absolute atomic E-state index is 12.8. The van der Waals surface area contributed by atoms with Crippen LogP contribution in [0.15, 0.2) is 18.2 Å². The number of nitrogens with one attached hydrogen (secondary N) is 1. The first-order chi connectivity index (χ1) is 6.50. The number of hydrogen-bond acceptors (Lipinski definition) is 1. The first-order valence-corrected chi connectivity index (χ1v) is 3.92. The molecule has 1 rings (SSSR count). The van der Waals surface area contributed by atoms with E-state index >= 15 is 0 Å². The van der Waals surface area contributed by atoms with Crippen LogP contribution in [-0.2, 0) is 4.79 Å². The van der Waals surface area contributed by atoms with Crippen molar-refractivity contribution >= 4 is 23.2 Å². The molecule has 1 aromatic rings. The molecule has 0 heterocycles. The molecule has 2 nitrogen and oxygen atoms in total. The molecule has 1 N–H and O–H groups in total. The highest BCUT2D eigenvalue weighted by molar-refractivity contribution is 6.30. The van der Waals surface area contributed by atoms with Gasteiger partial charge in [0.2, 0.25) is 0 Å². The molecule has 0 unspecified atom stereocenters. The van der Waals surface area contributed by atoms with E-state index in [1.54, 1.807) is 0 Å². The molecule has 0 radical (unpaired) electrons. The van der Waals surface area contributed by atoms with E-state index in [0.717, 1.165) is 12.1 Å². The van der Waals surface area contributed by atoms with Gasteiger partial charge in [0.05, 0.1) is 5.02 Å². The van der Waals surface area contributed by atoms with E-state index in [1.165, 1.54) is 6.07 Å². The molecular formula is C8H5ClF3NO. The summed E-state index contributed by atoms with van der Waals surface area (Å²) in [7, 11) is 0. The number of anilines is 1. The van der Waals surface area contributed by atoms with Crippen LogP contribution in [-0.4, -0.2) is 12.3 Å². The standard InChI is InChI=1S/C8H5ClF3NO/c9-5-2-1-4(3-6(5)10)13-8(14)7(11)12/h1-3,7H,(H,13,14). The highest BCUT2D eigenvalue weighted by Gasteiger charge is 2.15. The Bertz CT molecular complexity index is 356. The van der Waals surface area contributed by atoms with Crippen molar-refractivity contribution in [3.05, 3.63) is 29.0 Å². The Kier molecular flexibility index (Phi) is 3.35. The molecule has 76 valence electrons. The van der Waals surface area contributed by atoms with Crippen molar-refractivity contribution < 1.29 is 18.0 Å². The van der Waals surface area contributed by atoms with Gasteiger partial charge in [-0.05, 0) is 18.2 Å². The van der Waals surface area contributed by atoms with Gasteiger partial charge in [-0.15, -0.1) is 0 Å². The van der Waals surface area contributed by atoms with Crippen molar-refractivity contribution in [3.8, 4) is 0 Å². The van der Waals surface area contributed by atoms with Gasteiger partial charge in [0, 0.05) is 5.69 Å². The van der Waals surface area contributed by atoms with Crippen LogP contribution in [0.5, 0.6) is 0 Å². The number of benzene rings is 1. The van der Waals surface area contributed by atoms with E-state index in [0.29, 0.717) is 0 Å². The molecule has 1 amide bonds. The molecule has 0 aliphatic heterocycles. The van der Waals surface area contributed by atoms with Crippen LogP contribution < -0.4 is 5.32 Å². The highest BCUT2D eigenvalue weighted by atomic mass is 35.5. The number of hydrogen-bond donors (Lipinski definition) is 1. The van der Waals surface area contributed by atoms with Gasteiger partial charge in [0.15, 0.2) is 0 Å². The minimum absolute atomic E-state index is 0.0581. The van der Waals surface area contributed by atoms with Gasteiger partial charge in [0.1, 0.15) is 5.82 Å². The van der Waals surface area contributed by atoms with Crippen LogP contribution in [0.25, 0.3) is 0 Å². The maximum atomic E-state index is 12.8. The maximum Gasteiger partial charge on any atom is 0.315 e. The Labute approximate surface area is 82.7 Å². The topological polar surface area (TPSA) is 29.1 Å². The van der Waals surface area contributed by atoms with Crippen molar-refractivity contribution in [2.45, 2.75) is 6.43 Å². The fourth-order valence-electron chi connectivity index (χ4n) is 0.771. The average molecular weight is 224 g/mol. The highest BCUT2D eigenvalue weighted by Crippen LogP contribution is 2.18. The number of carbonyl (C=O) groups is 1. The molecule has 0 fully saturated rings. The van der Waals surface area contributed by atoms with Crippen molar-refractivity contribution in [2.75, 3.05) is 5.32 Å². The van der Waals surface area contributed by atoms with Crippen molar-refractivity contribution in [1.29, 1.82) is 0 Å². The lowest BCUT2D eigenvalue weighted by atomic mass is 10.3. The summed E-state index contributed by atoms with van der Waals surface area (Å²) in [6.07, 6.45) is -3.13. The van der Waals surface area contributed by atoms with Gasteiger partial charge in [-0.2, -0.15) is 8.78 Å². The molecule has 0 saturated heterocycles. The first-order valence-electron chi connectivity index (χ1n) is 3.55. The van der Waals surface area contributed by atoms with Crippen LogP contribution in [0, 0.1) is 5.82 Å². The third-order valence-corrected chi connectivity index (χ3v) is 1.69. The third kappa shape index (κ3) is 2.63. The second-order valence-corrected chi connectivity index (χ2v) is 2.83. The van der Waals surface area contributed by atoms with Gasteiger partial charge < -0.3 is 5.32 Å². The molecule has 0 bridgehead atoms. The summed E-state index contributed by atoms with van der Waals surface area (Å²) in [5, 5.41) is 1.68. The van der Waals surface area contributed by atoms with E-state index in [-0.39, 0.29) is 10.7 Å². The molecule has 0 aromatic heterocycles. The summed E-state index contributed by atoms with van der Waals surface area (Å²) in [6.45, 7) is 0. The summed E-state index contributed by atoms with van der Waals surface area (Å²) in [5.74, 6) is -2.26. The summed E-state index contributed by atoms with van der Waals surface area (Å²) in [5.41, 5.74) is -0.0581. The molecule has 0 atom stereocenters. The van der Waals surface area contributed by atoms with Gasteiger partial charge in [-0.1, -0.05) is 11.6 Å². The quantitative estimate of drug-likeness (QED) is 0.821. The second kappa shape index (κ2) is 4.32. The summed E-state index contributed by atoms with van der Waals surface area (Å²) >= 11 is 5.34. The molecule has 14 heavy (non-hydrogen) atoms. The number of carbonyl (C=O) groups excluding carboxylic acids is 1. The van der Waals surface area contributed by atoms with E-state index in [1.807, 2.05) is 5.32 Å². The van der Waals surface area contributed by atoms with E-state index in [2.05, 4.69) is 0 Å². The van der Waals surface area contributed by atoms with E-state index in [9.17, 15) is 18.0 Å². The van der Waals surface area contributed by atoms with Gasteiger partial charge in [-0.25, -0.2) is 4.39 Å². The Balaban J connectivity index is 2.78. The molecule has 1 aromatic carbocycles. The third-order valence-electron chi connectivity index (χ3n) is 1.39. The molecule has 0 aliphatic rings. The minimum Gasteiger partial charge on any atom is -0.321 e. The largest absolute Gasteiger partial charge is 0.321 e. The zero-order chi connectivity index (χ0) is 10.7. The van der Waals surface area contributed by atoms with Crippen molar-refractivity contribution in [2.24, 2.45) is 0 Å². The monoisotopic (exact) mass is 223 g/mol. The fraction of sp³-hybridized carbons (Fsp3) is 0.125. The second-order valence-electron chi connectivity index (χ2n) is 2.42. The molecular weight excluding hydrogens is 219 g/mol. The molecule has 0 aliphatic carbocycles. The number of halogens is 4. The predicted molar refractivity (Wildman–Crippen MR) is 46.0 cm³/mol. The van der Waals surface area contributed by atoms with Gasteiger partial charge >= 0.3 is 6.43 Å². The van der Waals surface area contributed by atoms with Crippen LogP contribution in [0.2, 0.25) is 5.02 Å². The molecule has 6 heteroatoms. The Hall–Kier alpha value is -1.23. The van der Waals surface area contributed by atoms with Crippen LogP contribution in [0.4, 0.5) is 18.9 Å². The minimum atomic E-state index is -3.13. The smallest absolute Gasteiger partial charge is 0.315 e. The van der Waals surface area contributed by atoms with Crippen LogP contribution >= 0.6 is 11.6 Å². The first kappa shape index (κ1) is 10.8. The number of alkyl halides is 2. The Morgan fingerprint density at radius 1 is 1.43 bits per heavy atom. The lowest BCUT2D eigenvalue weighted by Gasteiger charge is -2.04. The number of rotatable bonds is 2. The fourth-order valence-corrected chi connectivity index (χ4v) is 0.888. The van der Waals surface area contributed by atoms with Gasteiger partial charge in [0.25, 0.3) is 5.91 Å². The number of amides is 1. The van der Waals surface area contributed by atoms with Crippen LogP contribution in [0.3, 0.4) is 0 Å². The molecule has 0 saturated carbocycles. The van der Waals surface area contributed by atoms with Crippen molar-refractivity contribution in [1.82, 2.24) is 0 Å². The normalized spacial score (nSPS) is 10.4. The lowest BCUT2D eigenvalue weighted by molar-refractivity contribution is -0.126. The predicted octanol–water partition coefficient (Wildman–Crippen LogP) is 2.68. The summed E-state index contributed by atoms with van der Waals surface area (Å²) < 4.78 is 36.3. The van der Waals surface area contributed by atoms with E-state index in [4.69, 9.17) is 11.6 Å². The van der Waals surface area contributed by atoms with E-state index < -0.39 is 18.1 Å². The molecule has 0 spiro atoms. The van der Waals surface area contributed by atoms with Crippen molar-refractivity contribution in [3.63, 3.8) is 0 Å².